The molecule has 2 fully saturated rings. The summed E-state index contributed by atoms with van der Waals surface area (Å²) in [7, 11) is 1.74. The molecule has 0 saturated carbocycles. The number of carbonyl (C=O) groups excluding carboxylic acids is 1. The molecule has 0 aromatic heterocycles. The van der Waals surface area contributed by atoms with Crippen molar-refractivity contribution in [2.75, 3.05) is 33.4 Å². The van der Waals surface area contributed by atoms with Crippen molar-refractivity contribution in [2.45, 2.75) is 31.3 Å². The smallest absolute Gasteiger partial charge is 0.227 e. The van der Waals surface area contributed by atoms with Crippen LogP contribution in [0.15, 0.2) is 30.3 Å². The van der Waals surface area contributed by atoms with Gasteiger partial charge in [0, 0.05) is 26.8 Å². The SMILES string of the molecule is COCCC1COC2(CCN(C(=O)Cc3ccccc3)C2)C1. The summed E-state index contributed by atoms with van der Waals surface area (Å²) in [6, 6.07) is 9.96. The molecule has 120 valence electrons. The van der Waals surface area contributed by atoms with Crippen molar-refractivity contribution in [3.05, 3.63) is 35.9 Å². The molecule has 2 saturated heterocycles. The van der Waals surface area contributed by atoms with Gasteiger partial charge in [0.05, 0.1) is 18.6 Å². The average Bonchev–Trinajstić information content (AvgIpc) is 3.14. The lowest BCUT2D eigenvalue weighted by Gasteiger charge is -2.23. The number of rotatable bonds is 5. The van der Waals surface area contributed by atoms with Gasteiger partial charge >= 0.3 is 0 Å². The monoisotopic (exact) mass is 303 g/mol. The van der Waals surface area contributed by atoms with E-state index in [9.17, 15) is 4.79 Å². The number of ether oxygens (including phenoxy) is 2. The quantitative estimate of drug-likeness (QED) is 0.837. The second kappa shape index (κ2) is 6.80. The lowest BCUT2D eigenvalue weighted by atomic mass is 9.92. The molecule has 0 radical (unpaired) electrons. The van der Waals surface area contributed by atoms with Gasteiger partial charge < -0.3 is 14.4 Å². The van der Waals surface area contributed by atoms with Crippen LogP contribution in [0, 0.1) is 5.92 Å². The maximum atomic E-state index is 12.5. The molecule has 1 spiro atoms. The summed E-state index contributed by atoms with van der Waals surface area (Å²) in [4.78, 5) is 14.4. The fourth-order valence-electron chi connectivity index (χ4n) is 3.63. The lowest BCUT2D eigenvalue weighted by molar-refractivity contribution is -0.130. The highest BCUT2D eigenvalue weighted by atomic mass is 16.5. The Balaban J connectivity index is 1.53. The van der Waals surface area contributed by atoms with E-state index >= 15 is 0 Å². The number of carbonyl (C=O) groups is 1. The average molecular weight is 303 g/mol. The number of methoxy groups -OCH3 is 1. The van der Waals surface area contributed by atoms with Crippen LogP contribution in [0.4, 0.5) is 0 Å². The second-order valence-corrected chi connectivity index (χ2v) is 6.57. The van der Waals surface area contributed by atoms with Crippen molar-refractivity contribution in [3.8, 4) is 0 Å². The normalized spacial score (nSPS) is 27.7. The maximum Gasteiger partial charge on any atom is 0.227 e. The Morgan fingerprint density at radius 3 is 3.00 bits per heavy atom. The van der Waals surface area contributed by atoms with Crippen LogP contribution in [0.2, 0.25) is 0 Å². The predicted octanol–water partition coefficient (Wildman–Crippen LogP) is 2.27. The number of hydrogen-bond acceptors (Lipinski definition) is 3. The van der Waals surface area contributed by atoms with Crippen molar-refractivity contribution in [2.24, 2.45) is 5.92 Å². The third-order valence-corrected chi connectivity index (χ3v) is 4.88. The van der Waals surface area contributed by atoms with Gasteiger partial charge in [0.2, 0.25) is 5.91 Å². The molecule has 0 aliphatic carbocycles. The summed E-state index contributed by atoms with van der Waals surface area (Å²) in [5, 5.41) is 0. The Labute approximate surface area is 132 Å². The van der Waals surface area contributed by atoms with Crippen LogP contribution in [0.3, 0.4) is 0 Å². The van der Waals surface area contributed by atoms with Crippen LogP contribution >= 0.6 is 0 Å². The second-order valence-electron chi connectivity index (χ2n) is 6.57. The third-order valence-electron chi connectivity index (χ3n) is 4.88. The Morgan fingerprint density at radius 1 is 1.41 bits per heavy atom. The van der Waals surface area contributed by atoms with Gasteiger partial charge in [-0.15, -0.1) is 0 Å². The minimum absolute atomic E-state index is 0.0925. The van der Waals surface area contributed by atoms with E-state index in [2.05, 4.69) is 0 Å². The van der Waals surface area contributed by atoms with Gasteiger partial charge in [-0.3, -0.25) is 4.79 Å². The molecule has 1 aromatic carbocycles. The highest BCUT2D eigenvalue weighted by Gasteiger charge is 2.46. The van der Waals surface area contributed by atoms with E-state index in [0.29, 0.717) is 12.3 Å². The van der Waals surface area contributed by atoms with Crippen molar-refractivity contribution >= 4 is 5.91 Å². The molecule has 2 heterocycles. The Bertz CT molecular complexity index is 504. The minimum atomic E-state index is -0.0925. The van der Waals surface area contributed by atoms with Crippen molar-refractivity contribution in [1.29, 1.82) is 0 Å². The summed E-state index contributed by atoms with van der Waals surface area (Å²) in [6.45, 7) is 3.18. The summed E-state index contributed by atoms with van der Waals surface area (Å²) >= 11 is 0. The van der Waals surface area contributed by atoms with E-state index in [1.807, 2.05) is 35.2 Å². The molecule has 2 aliphatic rings. The molecule has 22 heavy (non-hydrogen) atoms. The van der Waals surface area contributed by atoms with Gasteiger partial charge in [-0.25, -0.2) is 0 Å². The number of nitrogens with zero attached hydrogens (tertiary/aromatic N) is 1. The Kier molecular flexibility index (Phi) is 4.79. The van der Waals surface area contributed by atoms with E-state index < -0.39 is 0 Å². The van der Waals surface area contributed by atoms with Gasteiger partial charge in [-0.2, -0.15) is 0 Å². The topological polar surface area (TPSA) is 38.8 Å². The van der Waals surface area contributed by atoms with Gasteiger partial charge in [-0.1, -0.05) is 30.3 Å². The highest BCUT2D eigenvalue weighted by Crippen LogP contribution is 2.39. The molecule has 2 atom stereocenters. The zero-order valence-electron chi connectivity index (χ0n) is 13.3. The van der Waals surface area contributed by atoms with E-state index in [4.69, 9.17) is 9.47 Å². The number of likely N-dealkylation sites (tertiary alicyclic amines) is 1. The highest BCUT2D eigenvalue weighted by molar-refractivity contribution is 5.79. The van der Waals surface area contributed by atoms with E-state index in [0.717, 1.165) is 51.1 Å². The molecule has 1 aromatic rings. The Morgan fingerprint density at radius 2 is 2.23 bits per heavy atom. The molecule has 4 nitrogen and oxygen atoms in total. The molecule has 2 unspecified atom stereocenters. The van der Waals surface area contributed by atoms with Crippen LogP contribution in [-0.4, -0.2) is 49.8 Å². The van der Waals surface area contributed by atoms with E-state index in [-0.39, 0.29) is 11.5 Å². The molecule has 4 heteroatoms. The van der Waals surface area contributed by atoms with Crippen molar-refractivity contribution in [3.63, 3.8) is 0 Å². The molecule has 3 rings (SSSR count). The van der Waals surface area contributed by atoms with Crippen LogP contribution in [-0.2, 0) is 20.7 Å². The van der Waals surface area contributed by atoms with Crippen molar-refractivity contribution in [1.82, 2.24) is 4.90 Å². The molecular formula is C18H25NO3. The van der Waals surface area contributed by atoms with E-state index in [1.165, 1.54) is 0 Å². The summed E-state index contributed by atoms with van der Waals surface area (Å²) in [5.74, 6) is 0.788. The zero-order valence-corrected chi connectivity index (χ0v) is 13.3. The van der Waals surface area contributed by atoms with Gasteiger partial charge in [0.25, 0.3) is 0 Å². The zero-order chi connectivity index (χ0) is 15.4. The first-order valence-corrected chi connectivity index (χ1v) is 8.15. The minimum Gasteiger partial charge on any atom is -0.385 e. The van der Waals surface area contributed by atoms with Crippen LogP contribution < -0.4 is 0 Å². The summed E-state index contributed by atoms with van der Waals surface area (Å²) < 4.78 is 11.3. The molecule has 1 amide bonds. The fourth-order valence-corrected chi connectivity index (χ4v) is 3.63. The van der Waals surface area contributed by atoms with E-state index in [1.54, 1.807) is 7.11 Å². The van der Waals surface area contributed by atoms with Crippen LogP contribution in [0.25, 0.3) is 0 Å². The molecule has 0 N–H and O–H groups in total. The summed E-state index contributed by atoms with van der Waals surface area (Å²) in [6.07, 6.45) is 3.57. The van der Waals surface area contributed by atoms with Crippen LogP contribution in [0.1, 0.15) is 24.8 Å². The molecule has 2 aliphatic heterocycles. The van der Waals surface area contributed by atoms with Gasteiger partial charge in [-0.05, 0) is 30.7 Å². The first kappa shape index (κ1) is 15.5. The fraction of sp³-hybridized carbons (Fsp3) is 0.611. The number of hydrogen-bond donors (Lipinski definition) is 0. The number of amides is 1. The maximum absolute atomic E-state index is 12.5. The summed E-state index contributed by atoms with van der Waals surface area (Å²) in [5.41, 5.74) is 0.990. The molecular weight excluding hydrogens is 278 g/mol. The standard InChI is InChI=1S/C18H25NO3/c1-21-10-7-16-12-18(22-13-16)8-9-19(14-18)17(20)11-15-5-3-2-4-6-15/h2-6,16H,7-14H2,1H3. The van der Waals surface area contributed by atoms with Crippen molar-refractivity contribution < 1.29 is 14.3 Å². The third kappa shape index (κ3) is 3.50. The van der Waals surface area contributed by atoms with Crippen LogP contribution in [0.5, 0.6) is 0 Å². The first-order chi connectivity index (χ1) is 10.7. The largest absolute Gasteiger partial charge is 0.385 e. The first-order valence-electron chi connectivity index (χ1n) is 8.15. The van der Waals surface area contributed by atoms with Gasteiger partial charge in [0.1, 0.15) is 0 Å². The predicted molar refractivity (Wildman–Crippen MR) is 84.6 cm³/mol. The molecule has 0 bridgehead atoms. The number of benzene rings is 1. The van der Waals surface area contributed by atoms with Gasteiger partial charge in [0.15, 0.2) is 0 Å². The lowest BCUT2D eigenvalue weighted by Crippen LogP contribution is -2.36. The Hall–Kier alpha value is -1.39.